The molecule has 0 aromatic carbocycles. The zero-order valence-corrected chi connectivity index (χ0v) is 9.19. The van der Waals surface area contributed by atoms with Crippen molar-refractivity contribution in [3.8, 4) is 0 Å². The Balaban J connectivity index is 2.48. The summed E-state index contributed by atoms with van der Waals surface area (Å²) in [7, 11) is 0. The van der Waals surface area contributed by atoms with Gasteiger partial charge in [0.1, 0.15) is 6.04 Å². The fourth-order valence-electron chi connectivity index (χ4n) is 1.52. The Bertz CT molecular complexity index is 251. The standard InChI is InChI=1S/C10H18N2O3/c1-3-8(9(13)14)11-10(15)12(4-2)7-5-6-7/h7-8H,3-6H2,1-2H3,(H,11,15)(H,13,14). The molecule has 1 fully saturated rings. The molecule has 5 heteroatoms. The van der Waals surface area contributed by atoms with Gasteiger partial charge in [-0.05, 0) is 26.2 Å². The molecule has 1 saturated carbocycles. The van der Waals surface area contributed by atoms with Crippen molar-refractivity contribution in [2.75, 3.05) is 6.54 Å². The fraction of sp³-hybridized carbons (Fsp3) is 0.800. The lowest BCUT2D eigenvalue weighted by atomic mass is 10.2. The van der Waals surface area contributed by atoms with Gasteiger partial charge in [-0.2, -0.15) is 0 Å². The molecule has 15 heavy (non-hydrogen) atoms. The normalized spacial score (nSPS) is 16.9. The Kier molecular flexibility index (Phi) is 3.94. The number of carbonyl (C=O) groups excluding carboxylic acids is 1. The molecule has 1 aliphatic carbocycles. The molecule has 2 amide bonds. The summed E-state index contributed by atoms with van der Waals surface area (Å²) in [6.07, 6.45) is 2.47. The number of urea groups is 1. The monoisotopic (exact) mass is 214 g/mol. The molecule has 0 spiro atoms. The highest BCUT2D eigenvalue weighted by Gasteiger charge is 2.32. The number of carboxylic acid groups (broad SMARTS) is 1. The minimum absolute atomic E-state index is 0.255. The van der Waals surface area contributed by atoms with Crippen LogP contribution in [0, 0.1) is 0 Å². The molecule has 0 aliphatic heterocycles. The minimum Gasteiger partial charge on any atom is -0.480 e. The van der Waals surface area contributed by atoms with E-state index in [2.05, 4.69) is 5.32 Å². The molecule has 0 bridgehead atoms. The largest absolute Gasteiger partial charge is 0.480 e. The van der Waals surface area contributed by atoms with Gasteiger partial charge >= 0.3 is 12.0 Å². The molecule has 0 radical (unpaired) electrons. The van der Waals surface area contributed by atoms with Gasteiger partial charge in [0.25, 0.3) is 0 Å². The summed E-state index contributed by atoms with van der Waals surface area (Å²) in [6.45, 7) is 4.28. The van der Waals surface area contributed by atoms with Gasteiger partial charge in [-0.3, -0.25) is 0 Å². The number of hydrogen-bond acceptors (Lipinski definition) is 2. The summed E-state index contributed by atoms with van der Waals surface area (Å²) >= 11 is 0. The molecular weight excluding hydrogens is 196 g/mol. The van der Waals surface area contributed by atoms with Crippen LogP contribution in [0.3, 0.4) is 0 Å². The van der Waals surface area contributed by atoms with Crippen LogP contribution >= 0.6 is 0 Å². The summed E-state index contributed by atoms with van der Waals surface area (Å²) in [6, 6.07) is -0.708. The first-order chi connectivity index (χ1) is 7.10. The summed E-state index contributed by atoms with van der Waals surface area (Å²) in [4.78, 5) is 24.1. The molecule has 1 unspecified atom stereocenters. The first-order valence-electron chi connectivity index (χ1n) is 5.40. The number of amides is 2. The first-order valence-corrected chi connectivity index (χ1v) is 5.40. The molecular formula is C10H18N2O3. The highest BCUT2D eigenvalue weighted by Crippen LogP contribution is 2.26. The fourth-order valence-corrected chi connectivity index (χ4v) is 1.52. The van der Waals surface area contributed by atoms with E-state index in [-0.39, 0.29) is 6.03 Å². The van der Waals surface area contributed by atoms with Gasteiger partial charge < -0.3 is 15.3 Å². The van der Waals surface area contributed by atoms with Gasteiger partial charge in [0.05, 0.1) is 0 Å². The van der Waals surface area contributed by atoms with Gasteiger partial charge in [0.2, 0.25) is 0 Å². The number of aliphatic carboxylic acids is 1. The molecule has 1 aliphatic rings. The van der Waals surface area contributed by atoms with E-state index in [9.17, 15) is 9.59 Å². The van der Waals surface area contributed by atoms with Crippen molar-refractivity contribution in [2.45, 2.75) is 45.2 Å². The third kappa shape index (κ3) is 3.11. The van der Waals surface area contributed by atoms with Crippen molar-refractivity contribution in [2.24, 2.45) is 0 Å². The smallest absolute Gasteiger partial charge is 0.326 e. The predicted octanol–water partition coefficient (Wildman–Crippen LogP) is 1.04. The van der Waals surface area contributed by atoms with E-state index in [1.54, 1.807) is 11.8 Å². The molecule has 2 N–H and O–H groups in total. The third-order valence-electron chi connectivity index (χ3n) is 2.59. The van der Waals surface area contributed by atoms with E-state index < -0.39 is 12.0 Å². The zero-order chi connectivity index (χ0) is 11.4. The number of nitrogens with zero attached hydrogens (tertiary/aromatic N) is 1. The molecule has 0 aromatic heterocycles. The summed E-state index contributed by atoms with van der Waals surface area (Å²) in [5.41, 5.74) is 0. The summed E-state index contributed by atoms with van der Waals surface area (Å²) < 4.78 is 0. The van der Waals surface area contributed by atoms with Crippen LogP contribution < -0.4 is 5.32 Å². The van der Waals surface area contributed by atoms with Crippen molar-refractivity contribution in [1.29, 1.82) is 0 Å². The van der Waals surface area contributed by atoms with Crippen LogP contribution in [0.25, 0.3) is 0 Å². The SMILES string of the molecule is CCC(NC(=O)N(CC)C1CC1)C(=O)O. The molecule has 86 valence electrons. The minimum atomic E-state index is -0.974. The average molecular weight is 214 g/mol. The first kappa shape index (κ1) is 11.8. The van der Waals surface area contributed by atoms with Gasteiger partial charge in [-0.15, -0.1) is 0 Å². The second-order valence-corrected chi connectivity index (χ2v) is 3.77. The van der Waals surface area contributed by atoms with E-state index in [1.807, 2.05) is 6.92 Å². The third-order valence-corrected chi connectivity index (χ3v) is 2.59. The van der Waals surface area contributed by atoms with Crippen molar-refractivity contribution >= 4 is 12.0 Å². The van der Waals surface area contributed by atoms with Crippen molar-refractivity contribution in [3.63, 3.8) is 0 Å². The van der Waals surface area contributed by atoms with Crippen LogP contribution in [-0.4, -0.2) is 40.6 Å². The van der Waals surface area contributed by atoms with Crippen LogP contribution in [0.15, 0.2) is 0 Å². The molecule has 1 atom stereocenters. The molecule has 5 nitrogen and oxygen atoms in total. The van der Waals surface area contributed by atoms with Crippen molar-refractivity contribution in [3.05, 3.63) is 0 Å². The van der Waals surface area contributed by atoms with Crippen molar-refractivity contribution in [1.82, 2.24) is 10.2 Å². The maximum atomic E-state index is 11.7. The Hall–Kier alpha value is -1.26. The Morgan fingerprint density at radius 1 is 1.47 bits per heavy atom. The van der Waals surface area contributed by atoms with Crippen LogP contribution in [0.4, 0.5) is 4.79 Å². The zero-order valence-electron chi connectivity index (χ0n) is 9.19. The van der Waals surface area contributed by atoms with Gasteiger partial charge in [0, 0.05) is 12.6 Å². The lowest BCUT2D eigenvalue weighted by Gasteiger charge is -2.23. The van der Waals surface area contributed by atoms with Crippen LogP contribution in [0.2, 0.25) is 0 Å². The second-order valence-electron chi connectivity index (χ2n) is 3.77. The number of nitrogens with one attached hydrogen (secondary N) is 1. The Labute approximate surface area is 89.4 Å². The summed E-state index contributed by atoms with van der Waals surface area (Å²) in [5.74, 6) is -0.974. The molecule has 0 saturated heterocycles. The van der Waals surface area contributed by atoms with Crippen molar-refractivity contribution < 1.29 is 14.7 Å². The second kappa shape index (κ2) is 5.00. The quantitative estimate of drug-likeness (QED) is 0.718. The lowest BCUT2D eigenvalue weighted by molar-refractivity contribution is -0.139. The number of carboxylic acids is 1. The van der Waals surface area contributed by atoms with Crippen LogP contribution in [0.1, 0.15) is 33.1 Å². The van der Waals surface area contributed by atoms with E-state index in [4.69, 9.17) is 5.11 Å². The number of hydrogen-bond donors (Lipinski definition) is 2. The predicted molar refractivity (Wildman–Crippen MR) is 55.6 cm³/mol. The highest BCUT2D eigenvalue weighted by molar-refractivity contribution is 5.82. The van der Waals surface area contributed by atoms with Gasteiger partial charge in [0.15, 0.2) is 0 Å². The van der Waals surface area contributed by atoms with E-state index in [0.717, 1.165) is 12.8 Å². The van der Waals surface area contributed by atoms with E-state index in [1.165, 1.54) is 0 Å². The summed E-state index contributed by atoms with van der Waals surface area (Å²) in [5, 5.41) is 11.3. The lowest BCUT2D eigenvalue weighted by Crippen LogP contribution is -2.48. The van der Waals surface area contributed by atoms with E-state index in [0.29, 0.717) is 19.0 Å². The van der Waals surface area contributed by atoms with Gasteiger partial charge in [-0.25, -0.2) is 9.59 Å². The average Bonchev–Trinajstić information content (AvgIpc) is 2.99. The van der Waals surface area contributed by atoms with Gasteiger partial charge in [-0.1, -0.05) is 6.92 Å². The maximum Gasteiger partial charge on any atom is 0.326 e. The van der Waals surface area contributed by atoms with E-state index >= 15 is 0 Å². The van der Waals surface area contributed by atoms with Crippen LogP contribution in [0.5, 0.6) is 0 Å². The Morgan fingerprint density at radius 3 is 2.40 bits per heavy atom. The molecule has 0 aromatic rings. The maximum absolute atomic E-state index is 11.7. The number of rotatable bonds is 5. The highest BCUT2D eigenvalue weighted by atomic mass is 16.4. The number of carbonyl (C=O) groups is 2. The molecule has 0 heterocycles. The van der Waals surface area contributed by atoms with Crippen LogP contribution in [-0.2, 0) is 4.79 Å². The molecule has 1 rings (SSSR count). The topological polar surface area (TPSA) is 69.6 Å². The Morgan fingerprint density at radius 2 is 2.07 bits per heavy atom.